The van der Waals surface area contributed by atoms with Gasteiger partial charge in [-0.25, -0.2) is 0 Å². The molecular formula is C24H34N2O4. The Bertz CT molecular complexity index is 781. The molecule has 3 rings (SSSR count). The van der Waals surface area contributed by atoms with Crippen molar-refractivity contribution in [3.05, 3.63) is 53.6 Å². The summed E-state index contributed by atoms with van der Waals surface area (Å²) in [6, 6.07) is 14.6. The molecule has 0 aliphatic carbocycles. The van der Waals surface area contributed by atoms with E-state index in [-0.39, 0.29) is 6.61 Å². The number of hydrogen-bond donors (Lipinski definition) is 1. The highest BCUT2D eigenvalue weighted by molar-refractivity contribution is 5.40. The number of hydrogen-bond acceptors (Lipinski definition) is 6. The Morgan fingerprint density at radius 1 is 0.967 bits per heavy atom. The molecule has 0 radical (unpaired) electrons. The molecule has 1 aliphatic rings. The van der Waals surface area contributed by atoms with E-state index < -0.39 is 0 Å². The summed E-state index contributed by atoms with van der Waals surface area (Å²) in [5, 5.41) is 9.63. The van der Waals surface area contributed by atoms with Gasteiger partial charge in [0.1, 0.15) is 17.2 Å². The van der Waals surface area contributed by atoms with Gasteiger partial charge in [0.25, 0.3) is 0 Å². The molecule has 0 spiro atoms. The van der Waals surface area contributed by atoms with Gasteiger partial charge in [-0.1, -0.05) is 12.1 Å². The standard InChI is InChI=1S/C24H34N2O4/c1-4-30-22-7-5-19(6-8-22)16-26-13-12-25(18-21(26)11-14-27)17-20-15-23(28-2)9-10-24(20)29-3/h5-10,15,21,27H,4,11-14,16-18H2,1-3H3. The summed E-state index contributed by atoms with van der Waals surface area (Å²) in [5.74, 6) is 2.63. The molecule has 1 heterocycles. The highest BCUT2D eigenvalue weighted by atomic mass is 16.5. The first-order valence-electron chi connectivity index (χ1n) is 10.7. The van der Waals surface area contributed by atoms with E-state index in [4.69, 9.17) is 14.2 Å². The Morgan fingerprint density at radius 2 is 1.73 bits per heavy atom. The average Bonchev–Trinajstić information content (AvgIpc) is 2.77. The minimum Gasteiger partial charge on any atom is -0.497 e. The van der Waals surface area contributed by atoms with Crippen LogP contribution in [0, 0.1) is 0 Å². The second kappa shape index (κ2) is 11.2. The Morgan fingerprint density at radius 3 is 2.40 bits per heavy atom. The predicted octanol–water partition coefficient (Wildman–Crippen LogP) is 3.17. The van der Waals surface area contributed by atoms with E-state index in [1.165, 1.54) is 5.56 Å². The van der Waals surface area contributed by atoms with E-state index in [1.54, 1.807) is 14.2 Å². The smallest absolute Gasteiger partial charge is 0.123 e. The molecule has 0 bridgehead atoms. The van der Waals surface area contributed by atoms with Gasteiger partial charge < -0.3 is 19.3 Å². The molecule has 1 saturated heterocycles. The number of benzene rings is 2. The van der Waals surface area contributed by atoms with E-state index in [9.17, 15) is 5.11 Å². The number of nitrogens with zero attached hydrogens (tertiary/aromatic N) is 2. The fourth-order valence-corrected chi connectivity index (χ4v) is 4.07. The van der Waals surface area contributed by atoms with Gasteiger partial charge in [0.15, 0.2) is 0 Å². The van der Waals surface area contributed by atoms with E-state index in [1.807, 2.05) is 37.3 Å². The number of aliphatic hydroxyl groups excluding tert-OH is 1. The first kappa shape index (κ1) is 22.4. The minimum atomic E-state index is 0.195. The molecular weight excluding hydrogens is 380 g/mol. The number of aliphatic hydroxyl groups is 1. The third kappa shape index (κ3) is 5.88. The quantitative estimate of drug-likeness (QED) is 0.645. The Balaban J connectivity index is 1.65. The van der Waals surface area contributed by atoms with Gasteiger partial charge in [-0.3, -0.25) is 9.80 Å². The molecule has 1 fully saturated rings. The predicted molar refractivity (Wildman–Crippen MR) is 118 cm³/mol. The monoisotopic (exact) mass is 414 g/mol. The highest BCUT2D eigenvalue weighted by Gasteiger charge is 2.27. The molecule has 0 amide bonds. The van der Waals surface area contributed by atoms with Crippen LogP contribution in [0.2, 0.25) is 0 Å². The Labute approximate surface area is 180 Å². The van der Waals surface area contributed by atoms with Gasteiger partial charge in [-0.05, 0) is 49.2 Å². The fraction of sp³-hybridized carbons (Fsp3) is 0.500. The largest absolute Gasteiger partial charge is 0.497 e. The van der Waals surface area contributed by atoms with Crippen molar-refractivity contribution in [3.8, 4) is 17.2 Å². The van der Waals surface area contributed by atoms with Crippen molar-refractivity contribution in [3.63, 3.8) is 0 Å². The highest BCUT2D eigenvalue weighted by Crippen LogP contribution is 2.27. The summed E-state index contributed by atoms with van der Waals surface area (Å²) in [6.07, 6.45) is 0.767. The summed E-state index contributed by atoms with van der Waals surface area (Å²) in [6.45, 7) is 7.40. The number of rotatable bonds is 10. The first-order chi connectivity index (χ1) is 14.7. The van der Waals surface area contributed by atoms with Gasteiger partial charge in [-0.15, -0.1) is 0 Å². The normalized spacial score (nSPS) is 17.7. The maximum Gasteiger partial charge on any atom is 0.123 e. The van der Waals surface area contributed by atoms with Crippen molar-refractivity contribution < 1.29 is 19.3 Å². The maximum atomic E-state index is 9.63. The zero-order valence-electron chi connectivity index (χ0n) is 18.3. The lowest BCUT2D eigenvalue weighted by atomic mass is 10.1. The summed E-state index contributed by atoms with van der Waals surface area (Å²) < 4.78 is 16.5. The van der Waals surface area contributed by atoms with Gasteiger partial charge in [0.2, 0.25) is 0 Å². The van der Waals surface area contributed by atoms with Crippen LogP contribution in [-0.2, 0) is 13.1 Å². The lowest BCUT2D eigenvalue weighted by Gasteiger charge is -2.41. The van der Waals surface area contributed by atoms with Crippen LogP contribution < -0.4 is 14.2 Å². The van der Waals surface area contributed by atoms with Crippen LogP contribution in [0.15, 0.2) is 42.5 Å². The number of methoxy groups -OCH3 is 2. The minimum absolute atomic E-state index is 0.195. The first-order valence-corrected chi connectivity index (χ1v) is 10.7. The van der Waals surface area contributed by atoms with E-state index in [0.717, 1.165) is 62.0 Å². The zero-order valence-corrected chi connectivity index (χ0v) is 18.3. The van der Waals surface area contributed by atoms with Gasteiger partial charge in [0.05, 0.1) is 20.8 Å². The molecule has 0 saturated carbocycles. The van der Waals surface area contributed by atoms with Crippen molar-refractivity contribution >= 4 is 0 Å². The molecule has 2 aromatic carbocycles. The number of ether oxygens (including phenoxy) is 3. The molecule has 1 aliphatic heterocycles. The average molecular weight is 415 g/mol. The van der Waals surface area contributed by atoms with Gasteiger partial charge in [0, 0.05) is 50.9 Å². The van der Waals surface area contributed by atoms with Crippen molar-refractivity contribution in [2.24, 2.45) is 0 Å². The van der Waals surface area contributed by atoms with Crippen molar-refractivity contribution in [2.45, 2.75) is 32.5 Å². The Hall–Kier alpha value is -2.28. The SMILES string of the molecule is CCOc1ccc(CN2CCN(Cc3cc(OC)ccc3OC)CC2CCO)cc1. The summed E-state index contributed by atoms with van der Waals surface area (Å²) in [4.78, 5) is 4.91. The van der Waals surface area contributed by atoms with Crippen molar-refractivity contribution in [2.75, 3.05) is 47.1 Å². The molecule has 1 atom stereocenters. The lowest BCUT2D eigenvalue weighted by molar-refractivity contribution is 0.0496. The summed E-state index contributed by atoms with van der Waals surface area (Å²) in [7, 11) is 3.39. The molecule has 1 N–H and O–H groups in total. The third-order valence-electron chi connectivity index (χ3n) is 5.65. The second-order valence-electron chi connectivity index (χ2n) is 7.63. The van der Waals surface area contributed by atoms with Crippen LogP contribution in [0.25, 0.3) is 0 Å². The van der Waals surface area contributed by atoms with Crippen molar-refractivity contribution in [1.82, 2.24) is 9.80 Å². The summed E-state index contributed by atoms with van der Waals surface area (Å²) >= 11 is 0. The van der Waals surface area contributed by atoms with Crippen LogP contribution in [0.1, 0.15) is 24.5 Å². The third-order valence-corrected chi connectivity index (χ3v) is 5.65. The van der Waals surface area contributed by atoms with E-state index in [2.05, 4.69) is 21.9 Å². The molecule has 1 unspecified atom stereocenters. The van der Waals surface area contributed by atoms with Gasteiger partial charge >= 0.3 is 0 Å². The topological polar surface area (TPSA) is 54.4 Å². The zero-order chi connectivity index (χ0) is 21.3. The van der Waals surface area contributed by atoms with E-state index >= 15 is 0 Å². The molecule has 164 valence electrons. The Kier molecular flexibility index (Phi) is 8.37. The van der Waals surface area contributed by atoms with E-state index in [0.29, 0.717) is 12.6 Å². The van der Waals surface area contributed by atoms with Crippen molar-refractivity contribution in [1.29, 1.82) is 0 Å². The molecule has 6 nitrogen and oxygen atoms in total. The second-order valence-corrected chi connectivity index (χ2v) is 7.63. The van der Waals surface area contributed by atoms with Gasteiger partial charge in [-0.2, -0.15) is 0 Å². The van der Waals surface area contributed by atoms with Crippen LogP contribution >= 0.6 is 0 Å². The number of piperazine rings is 1. The van der Waals surface area contributed by atoms with Crippen LogP contribution in [-0.4, -0.2) is 68.0 Å². The van der Waals surface area contributed by atoms with Crippen LogP contribution in [0.4, 0.5) is 0 Å². The van der Waals surface area contributed by atoms with Crippen LogP contribution in [0.3, 0.4) is 0 Å². The maximum absolute atomic E-state index is 9.63. The van der Waals surface area contributed by atoms with Crippen LogP contribution in [0.5, 0.6) is 17.2 Å². The summed E-state index contributed by atoms with van der Waals surface area (Å²) in [5.41, 5.74) is 2.39. The molecule has 2 aromatic rings. The molecule has 30 heavy (non-hydrogen) atoms. The fourth-order valence-electron chi connectivity index (χ4n) is 4.07. The molecule has 6 heteroatoms. The lowest BCUT2D eigenvalue weighted by Crippen LogP contribution is -2.52. The molecule has 0 aromatic heterocycles.